The number of benzene rings is 1. The van der Waals surface area contributed by atoms with Gasteiger partial charge in [-0.15, -0.1) is 0 Å². The van der Waals surface area contributed by atoms with Crippen molar-refractivity contribution in [3.05, 3.63) is 35.4 Å². The first-order valence-electron chi connectivity index (χ1n) is 7.81. The highest BCUT2D eigenvalue weighted by Crippen LogP contribution is 2.11. The van der Waals surface area contributed by atoms with Crippen molar-refractivity contribution >= 4 is 0 Å². The van der Waals surface area contributed by atoms with Crippen LogP contribution in [0, 0.1) is 0 Å². The van der Waals surface area contributed by atoms with Crippen molar-refractivity contribution in [1.29, 1.82) is 0 Å². The van der Waals surface area contributed by atoms with Crippen LogP contribution in [0.3, 0.4) is 0 Å². The van der Waals surface area contributed by atoms with Crippen molar-refractivity contribution in [3.63, 3.8) is 0 Å². The number of rotatable bonds is 11. The summed E-state index contributed by atoms with van der Waals surface area (Å²) >= 11 is 0. The largest absolute Gasteiger partial charge is 0.380 e. The predicted molar refractivity (Wildman–Crippen MR) is 86.1 cm³/mol. The predicted octanol–water partition coefficient (Wildman–Crippen LogP) is 2.70. The minimum absolute atomic E-state index is 0.799. The lowest BCUT2D eigenvalue weighted by molar-refractivity contribution is 0.120. The van der Waals surface area contributed by atoms with Crippen LogP contribution in [0.1, 0.15) is 31.4 Å². The lowest BCUT2D eigenvalue weighted by Gasteiger charge is -2.19. The Bertz CT molecular complexity index is 355. The summed E-state index contributed by atoms with van der Waals surface area (Å²) in [7, 11) is 2.16. The summed E-state index contributed by atoms with van der Waals surface area (Å²) in [6.07, 6.45) is 2.30. The zero-order chi connectivity index (χ0) is 14.6. The van der Waals surface area contributed by atoms with Crippen molar-refractivity contribution < 1.29 is 4.74 Å². The lowest BCUT2D eigenvalue weighted by Crippen LogP contribution is -2.24. The molecule has 1 rings (SSSR count). The summed E-state index contributed by atoms with van der Waals surface area (Å²) in [5, 5.41) is 3.47. The molecule has 0 aliphatic carbocycles. The molecule has 0 aromatic heterocycles. The van der Waals surface area contributed by atoms with Crippen LogP contribution in [-0.4, -0.2) is 44.8 Å². The van der Waals surface area contributed by atoms with Crippen LogP contribution in [0.2, 0.25) is 0 Å². The molecule has 20 heavy (non-hydrogen) atoms. The van der Waals surface area contributed by atoms with Gasteiger partial charge in [0.1, 0.15) is 0 Å². The molecule has 3 heteroatoms. The van der Waals surface area contributed by atoms with E-state index in [0.29, 0.717) is 0 Å². The van der Waals surface area contributed by atoms with Crippen LogP contribution in [0.15, 0.2) is 24.3 Å². The average molecular weight is 278 g/mol. The monoisotopic (exact) mass is 278 g/mol. The number of hydrogen-bond acceptors (Lipinski definition) is 3. The van der Waals surface area contributed by atoms with Gasteiger partial charge in [-0.1, -0.05) is 31.2 Å². The summed E-state index contributed by atoms with van der Waals surface area (Å²) in [4.78, 5) is 2.33. The van der Waals surface area contributed by atoms with Crippen LogP contribution in [-0.2, 0) is 17.7 Å². The molecule has 0 saturated heterocycles. The quantitative estimate of drug-likeness (QED) is 0.630. The molecule has 0 heterocycles. The Morgan fingerprint density at radius 3 is 2.55 bits per heavy atom. The van der Waals surface area contributed by atoms with Crippen molar-refractivity contribution in [3.8, 4) is 0 Å². The van der Waals surface area contributed by atoms with E-state index in [1.807, 2.05) is 6.92 Å². The maximum absolute atomic E-state index is 5.41. The molecule has 0 unspecified atom stereocenters. The number of likely N-dealkylation sites (N-methyl/N-ethyl adjacent to an activating group) is 1. The number of nitrogens with zero attached hydrogens (tertiary/aromatic N) is 1. The molecular formula is C17H30N2O. The van der Waals surface area contributed by atoms with Gasteiger partial charge in [0.15, 0.2) is 0 Å². The van der Waals surface area contributed by atoms with Crippen molar-refractivity contribution in [2.24, 2.45) is 0 Å². The smallest absolute Gasteiger partial charge is 0.0593 e. The van der Waals surface area contributed by atoms with Gasteiger partial charge >= 0.3 is 0 Å². The van der Waals surface area contributed by atoms with E-state index in [1.54, 1.807) is 0 Å². The third-order valence-electron chi connectivity index (χ3n) is 3.38. The summed E-state index contributed by atoms with van der Waals surface area (Å²) < 4.78 is 5.41. The van der Waals surface area contributed by atoms with Crippen molar-refractivity contribution in [1.82, 2.24) is 10.2 Å². The third-order valence-corrected chi connectivity index (χ3v) is 3.38. The normalized spacial score (nSPS) is 11.2. The molecule has 0 atom stereocenters. The molecule has 0 aliphatic heterocycles. The fourth-order valence-corrected chi connectivity index (χ4v) is 2.22. The van der Waals surface area contributed by atoms with E-state index < -0.39 is 0 Å². The fraction of sp³-hybridized carbons (Fsp3) is 0.647. The second-order valence-electron chi connectivity index (χ2n) is 5.20. The first kappa shape index (κ1) is 17.2. The first-order chi connectivity index (χ1) is 9.77. The highest BCUT2D eigenvalue weighted by Gasteiger charge is 2.05. The standard InChI is InChI=1S/C17H30N2O/c1-4-11-18-12-10-16-8-6-7-9-17(16)15-19(3)13-14-20-5-2/h6-9,18H,4-5,10-15H2,1-3H3. The van der Waals surface area contributed by atoms with Gasteiger partial charge in [-0.3, -0.25) is 4.90 Å². The molecule has 0 spiro atoms. The van der Waals surface area contributed by atoms with Crippen molar-refractivity contribution in [2.45, 2.75) is 33.2 Å². The molecule has 0 amide bonds. The Kier molecular flexibility index (Phi) is 9.29. The Morgan fingerprint density at radius 1 is 1.10 bits per heavy atom. The van der Waals surface area contributed by atoms with E-state index in [9.17, 15) is 0 Å². The average Bonchev–Trinajstić information content (AvgIpc) is 2.45. The maximum atomic E-state index is 5.41. The van der Waals surface area contributed by atoms with Crippen LogP contribution in [0.25, 0.3) is 0 Å². The maximum Gasteiger partial charge on any atom is 0.0593 e. The fourth-order valence-electron chi connectivity index (χ4n) is 2.22. The first-order valence-corrected chi connectivity index (χ1v) is 7.81. The lowest BCUT2D eigenvalue weighted by atomic mass is 10.0. The zero-order valence-corrected chi connectivity index (χ0v) is 13.3. The number of ether oxygens (including phenoxy) is 1. The molecule has 1 N–H and O–H groups in total. The molecule has 3 nitrogen and oxygen atoms in total. The van der Waals surface area contributed by atoms with Gasteiger partial charge in [-0.05, 0) is 51.0 Å². The highest BCUT2D eigenvalue weighted by molar-refractivity contribution is 5.27. The van der Waals surface area contributed by atoms with Gasteiger partial charge in [-0.2, -0.15) is 0 Å². The second kappa shape index (κ2) is 10.8. The highest BCUT2D eigenvalue weighted by atomic mass is 16.5. The van der Waals surface area contributed by atoms with Gasteiger partial charge in [-0.25, -0.2) is 0 Å². The Labute approximate surface area is 124 Å². The summed E-state index contributed by atoms with van der Waals surface area (Å²) in [5.74, 6) is 0. The van der Waals surface area contributed by atoms with E-state index in [4.69, 9.17) is 4.74 Å². The summed E-state index contributed by atoms with van der Waals surface area (Å²) in [6, 6.07) is 8.76. The SMILES string of the molecule is CCCNCCc1ccccc1CN(C)CCOCC. The minimum atomic E-state index is 0.799. The molecule has 0 fully saturated rings. The van der Waals surface area contributed by atoms with Gasteiger partial charge in [0, 0.05) is 19.7 Å². The Balaban J connectivity index is 2.43. The van der Waals surface area contributed by atoms with E-state index >= 15 is 0 Å². The van der Waals surface area contributed by atoms with Crippen LogP contribution in [0.5, 0.6) is 0 Å². The Hall–Kier alpha value is -0.900. The van der Waals surface area contributed by atoms with Gasteiger partial charge < -0.3 is 10.1 Å². The van der Waals surface area contributed by atoms with Crippen LogP contribution < -0.4 is 5.32 Å². The van der Waals surface area contributed by atoms with Gasteiger partial charge in [0.2, 0.25) is 0 Å². The van der Waals surface area contributed by atoms with E-state index in [-0.39, 0.29) is 0 Å². The Morgan fingerprint density at radius 2 is 1.85 bits per heavy atom. The molecular weight excluding hydrogens is 248 g/mol. The van der Waals surface area contributed by atoms with E-state index in [1.165, 1.54) is 17.5 Å². The molecule has 114 valence electrons. The molecule has 1 aromatic rings. The van der Waals surface area contributed by atoms with Crippen LogP contribution >= 0.6 is 0 Å². The number of hydrogen-bond donors (Lipinski definition) is 1. The zero-order valence-electron chi connectivity index (χ0n) is 13.3. The third kappa shape index (κ3) is 7.04. The molecule has 0 saturated carbocycles. The molecule has 1 aromatic carbocycles. The van der Waals surface area contributed by atoms with Gasteiger partial charge in [0.05, 0.1) is 6.61 Å². The molecule has 0 aliphatic rings. The second-order valence-corrected chi connectivity index (χ2v) is 5.20. The summed E-state index contributed by atoms with van der Waals surface area (Å²) in [5.41, 5.74) is 2.89. The molecule has 0 bridgehead atoms. The summed E-state index contributed by atoms with van der Waals surface area (Å²) in [6.45, 7) is 10.0. The number of nitrogens with one attached hydrogen (secondary N) is 1. The van der Waals surface area contributed by atoms with E-state index in [2.05, 4.69) is 48.5 Å². The minimum Gasteiger partial charge on any atom is -0.380 e. The molecule has 0 radical (unpaired) electrons. The van der Waals surface area contributed by atoms with Crippen molar-refractivity contribution in [2.75, 3.05) is 39.9 Å². The van der Waals surface area contributed by atoms with Gasteiger partial charge in [0.25, 0.3) is 0 Å². The topological polar surface area (TPSA) is 24.5 Å². The van der Waals surface area contributed by atoms with Crippen LogP contribution in [0.4, 0.5) is 0 Å². The van der Waals surface area contributed by atoms with E-state index in [0.717, 1.165) is 45.8 Å².